The molecule has 0 spiro atoms. The molecule has 0 amide bonds. The minimum absolute atomic E-state index is 0. The molecule has 8 heteroatoms. The number of halogens is 1. The number of benzene rings is 1. The van der Waals surface area contributed by atoms with Crippen LogP contribution in [0.4, 0.5) is 11.6 Å². The third-order valence-electron chi connectivity index (χ3n) is 2.94. The van der Waals surface area contributed by atoms with Crippen LogP contribution < -0.4 is 5.32 Å². The Morgan fingerprint density at radius 1 is 1.14 bits per heavy atom. The van der Waals surface area contributed by atoms with Gasteiger partial charge in [0.25, 0.3) is 0 Å². The monoisotopic (exact) mass is 343 g/mol. The molecule has 0 aliphatic carbocycles. The van der Waals surface area contributed by atoms with Crippen LogP contribution in [0.15, 0.2) is 29.2 Å². The van der Waals surface area contributed by atoms with Gasteiger partial charge in [-0.2, -0.15) is 0 Å². The summed E-state index contributed by atoms with van der Waals surface area (Å²) in [5.41, 5.74) is 1.82. The number of aromatic nitrogens is 2. The Bertz CT molecular complexity index is 759. The summed E-state index contributed by atoms with van der Waals surface area (Å²) in [6, 6.07) is 5.92. The summed E-state index contributed by atoms with van der Waals surface area (Å²) in [6.45, 7) is 5.23. The summed E-state index contributed by atoms with van der Waals surface area (Å²) >= 11 is 0. The zero-order valence-electron chi connectivity index (χ0n) is 12.5. The molecule has 0 bridgehead atoms. The van der Waals surface area contributed by atoms with E-state index in [1.54, 1.807) is 6.92 Å². The summed E-state index contributed by atoms with van der Waals surface area (Å²) in [7, 11) is -3.34. The van der Waals surface area contributed by atoms with E-state index >= 15 is 0 Å². The second-order valence-electron chi connectivity index (χ2n) is 4.68. The number of hydrogen-bond acceptors (Lipinski definition) is 6. The second-order valence-corrected chi connectivity index (χ2v) is 6.96. The van der Waals surface area contributed by atoms with Crippen molar-refractivity contribution in [2.75, 3.05) is 11.1 Å². The Morgan fingerprint density at radius 3 is 2.27 bits per heavy atom. The highest BCUT2D eigenvalue weighted by Gasteiger charge is 2.14. The molecule has 0 atom stereocenters. The summed E-state index contributed by atoms with van der Waals surface area (Å²) in [4.78, 5) is 8.55. The number of rotatable bonds is 4. The molecule has 22 heavy (non-hydrogen) atoms. The summed E-state index contributed by atoms with van der Waals surface area (Å²) in [5.74, 6) is 0.249. The molecule has 2 rings (SSSR count). The van der Waals surface area contributed by atoms with E-state index < -0.39 is 9.84 Å². The van der Waals surface area contributed by atoms with Crippen LogP contribution in [0.1, 0.15) is 18.3 Å². The summed E-state index contributed by atoms with van der Waals surface area (Å²) < 4.78 is 23.8. The third-order valence-corrected chi connectivity index (χ3v) is 4.67. The van der Waals surface area contributed by atoms with Crippen molar-refractivity contribution in [1.29, 1.82) is 0 Å². The molecule has 1 aromatic heterocycles. The zero-order valence-corrected chi connectivity index (χ0v) is 14.1. The van der Waals surface area contributed by atoms with Crippen LogP contribution in [-0.2, 0) is 9.84 Å². The van der Waals surface area contributed by atoms with Crippen LogP contribution in [0, 0.1) is 13.8 Å². The number of hydrogen-bond donors (Lipinski definition) is 2. The first-order valence-corrected chi connectivity index (χ1v) is 8.12. The predicted molar refractivity (Wildman–Crippen MR) is 87.9 cm³/mol. The number of phenols is 1. The minimum atomic E-state index is -3.34. The Labute approximate surface area is 136 Å². The largest absolute Gasteiger partial charge is 0.506 e. The highest BCUT2D eigenvalue weighted by atomic mass is 35.5. The molecular formula is C14H18ClN3O3S. The van der Waals surface area contributed by atoms with Gasteiger partial charge in [-0.05, 0) is 38.1 Å². The van der Waals surface area contributed by atoms with Gasteiger partial charge < -0.3 is 10.4 Å². The average Bonchev–Trinajstić information content (AvgIpc) is 2.40. The molecular weight excluding hydrogens is 326 g/mol. The van der Waals surface area contributed by atoms with Crippen LogP contribution in [0.25, 0.3) is 0 Å². The average molecular weight is 344 g/mol. The lowest BCUT2D eigenvalue weighted by Crippen LogP contribution is -2.05. The van der Waals surface area contributed by atoms with Crippen LogP contribution in [0.5, 0.6) is 5.75 Å². The van der Waals surface area contributed by atoms with Gasteiger partial charge in [-0.3, -0.25) is 0 Å². The lowest BCUT2D eigenvalue weighted by atomic mass is 10.3. The second kappa shape index (κ2) is 6.93. The van der Waals surface area contributed by atoms with E-state index in [1.165, 1.54) is 18.2 Å². The van der Waals surface area contributed by atoms with Crippen LogP contribution >= 0.6 is 12.4 Å². The van der Waals surface area contributed by atoms with E-state index in [9.17, 15) is 13.5 Å². The number of anilines is 2. The van der Waals surface area contributed by atoms with E-state index in [2.05, 4.69) is 15.3 Å². The molecule has 0 fully saturated rings. The number of phenolic OH excluding ortho intramolecular Hbond substituents is 1. The molecule has 0 unspecified atom stereocenters. The van der Waals surface area contributed by atoms with Crippen molar-refractivity contribution in [3.05, 3.63) is 35.7 Å². The highest BCUT2D eigenvalue weighted by Crippen LogP contribution is 2.28. The first-order valence-electron chi connectivity index (χ1n) is 6.47. The summed E-state index contributed by atoms with van der Waals surface area (Å²) in [5, 5.41) is 12.7. The molecule has 2 N–H and O–H groups in total. The zero-order chi connectivity index (χ0) is 15.6. The van der Waals surface area contributed by atoms with E-state index in [-0.39, 0.29) is 34.5 Å². The van der Waals surface area contributed by atoms with Crippen LogP contribution in [-0.4, -0.2) is 29.2 Å². The maximum Gasteiger partial charge on any atom is 0.227 e. The molecule has 0 aliphatic heterocycles. The fourth-order valence-corrected chi connectivity index (χ4v) is 2.78. The SMILES string of the molecule is CCS(=O)(=O)c1ccc(O)c(Nc2nc(C)cc(C)n2)c1.Cl. The van der Waals surface area contributed by atoms with E-state index in [0.29, 0.717) is 5.95 Å². The normalized spacial score (nSPS) is 10.9. The molecule has 0 saturated carbocycles. The van der Waals surface area contributed by atoms with E-state index in [4.69, 9.17) is 0 Å². The number of sulfone groups is 1. The van der Waals surface area contributed by atoms with Crippen molar-refractivity contribution < 1.29 is 13.5 Å². The van der Waals surface area contributed by atoms with Gasteiger partial charge in [0.05, 0.1) is 16.3 Å². The molecule has 120 valence electrons. The number of nitrogens with zero attached hydrogens (tertiary/aromatic N) is 2. The van der Waals surface area contributed by atoms with Gasteiger partial charge in [-0.15, -0.1) is 12.4 Å². The smallest absolute Gasteiger partial charge is 0.227 e. The Balaban J connectivity index is 0.00000242. The van der Waals surface area contributed by atoms with Crippen molar-refractivity contribution in [2.24, 2.45) is 0 Å². The molecule has 0 radical (unpaired) electrons. The van der Waals surface area contributed by atoms with Crippen molar-refractivity contribution in [3.63, 3.8) is 0 Å². The topological polar surface area (TPSA) is 92.2 Å². The van der Waals surface area contributed by atoms with Crippen molar-refractivity contribution in [2.45, 2.75) is 25.7 Å². The van der Waals surface area contributed by atoms with Gasteiger partial charge in [0.1, 0.15) is 5.75 Å². The summed E-state index contributed by atoms with van der Waals surface area (Å²) in [6.07, 6.45) is 0. The fourth-order valence-electron chi connectivity index (χ4n) is 1.88. The lowest BCUT2D eigenvalue weighted by Gasteiger charge is -2.10. The third kappa shape index (κ3) is 4.08. The fraction of sp³-hybridized carbons (Fsp3) is 0.286. The quantitative estimate of drug-likeness (QED) is 0.829. The first-order chi connectivity index (χ1) is 9.81. The van der Waals surface area contributed by atoms with Gasteiger partial charge in [-0.25, -0.2) is 18.4 Å². The minimum Gasteiger partial charge on any atom is -0.506 e. The maximum absolute atomic E-state index is 11.9. The first kappa shape index (κ1) is 18.2. The van der Waals surface area contributed by atoms with Gasteiger partial charge in [0, 0.05) is 11.4 Å². The Kier molecular flexibility index (Phi) is 5.73. The van der Waals surface area contributed by atoms with Gasteiger partial charge in [0.15, 0.2) is 9.84 Å². The van der Waals surface area contributed by atoms with E-state index in [0.717, 1.165) is 11.4 Å². The molecule has 1 heterocycles. The predicted octanol–water partition coefficient (Wildman–Crippen LogP) is 2.76. The van der Waals surface area contributed by atoms with Crippen molar-refractivity contribution in [3.8, 4) is 5.75 Å². The number of nitrogens with one attached hydrogen (secondary N) is 1. The van der Waals surface area contributed by atoms with Crippen molar-refractivity contribution in [1.82, 2.24) is 9.97 Å². The molecule has 6 nitrogen and oxygen atoms in total. The number of aromatic hydroxyl groups is 1. The number of aryl methyl sites for hydroxylation is 2. The van der Waals surface area contributed by atoms with Crippen LogP contribution in [0.3, 0.4) is 0 Å². The standard InChI is InChI=1S/C14H17N3O3S.ClH/c1-4-21(19,20)11-5-6-13(18)12(8-11)17-14-15-9(2)7-10(3)16-14;/h5-8,18H,4H2,1-3H3,(H,15,16,17);1H. The van der Waals surface area contributed by atoms with Gasteiger partial charge in [-0.1, -0.05) is 6.92 Å². The maximum atomic E-state index is 11.9. The lowest BCUT2D eigenvalue weighted by molar-refractivity contribution is 0.477. The van der Waals surface area contributed by atoms with Crippen molar-refractivity contribution >= 4 is 33.9 Å². The van der Waals surface area contributed by atoms with Crippen LogP contribution in [0.2, 0.25) is 0 Å². The Hall–Kier alpha value is -1.86. The molecule has 1 aromatic carbocycles. The molecule has 0 saturated heterocycles. The van der Waals surface area contributed by atoms with E-state index in [1.807, 2.05) is 19.9 Å². The van der Waals surface area contributed by atoms with Gasteiger partial charge in [0.2, 0.25) is 5.95 Å². The molecule has 0 aliphatic rings. The Morgan fingerprint density at radius 2 is 1.73 bits per heavy atom. The molecule has 2 aromatic rings. The van der Waals surface area contributed by atoms with Gasteiger partial charge >= 0.3 is 0 Å². The highest BCUT2D eigenvalue weighted by molar-refractivity contribution is 7.91.